The average molecular weight is 302 g/mol. The summed E-state index contributed by atoms with van der Waals surface area (Å²) in [6.45, 7) is 4.45. The van der Waals surface area contributed by atoms with Crippen molar-refractivity contribution in [2.75, 3.05) is 4.90 Å². The van der Waals surface area contributed by atoms with Gasteiger partial charge in [0.25, 0.3) is 0 Å². The second-order valence-electron chi connectivity index (χ2n) is 6.00. The minimum atomic E-state index is 0.276. The van der Waals surface area contributed by atoms with Crippen molar-refractivity contribution in [1.82, 2.24) is 4.98 Å². The maximum absolute atomic E-state index is 4.38. The summed E-state index contributed by atoms with van der Waals surface area (Å²) >= 11 is 0. The van der Waals surface area contributed by atoms with Crippen molar-refractivity contribution in [2.45, 2.75) is 20.0 Å². The van der Waals surface area contributed by atoms with Crippen LogP contribution in [0.1, 0.15) is 12.5 Å². The third-order valence-corrected chi connectivity index (χ3v) is 4.62. The molecular weight excluding hydrogens is 282 g/mol. The fraction of sp³-hybridized carbons (Fsp3) is 0.150. The smallest absolute Gasteiger partial charge is 0.180 e. The van der Waals surface area contributed by atoms with Crippen LogP contribution in [0.15, 0.2) is 73.1 Å². The Morgan fingerprint density at radius 3 is 2.43 bits per heavy atom. The molecule has 0 radical (unpaired) electrons. The Morgan fingerprint density at radius 2 is 1.65 bits per heavy atom. The Hall–Kier alpha value is -2.65. The number of aromatic nitrogens is 1. The number of aryl methyl sites for hydroxylation is 1. The van der Waals surface area contributed by atoms with Crippen LogP contribution in [0, 0.1) is 6.92 Å². The van der Waals surface area contributed by atoms with Crippen LogP contribution in [0.3, 0.4) is 0 Å². The van der Waals surface area contributed by atoms with Crippen LogP contribution in [0.5, 0.6) is 0 Å². The Kier molecular flexibility index (Phi) is 3.36. The van der Waals surface area contributed by atoms with Crippen LogP contribution in [-0.4, -0.2) is 11.1 Å². The highest BCUT2D eigenvalue weighted by atomic mass is 15.4. The molecule has 2 atom stereocenters. The predicted octanol–water partition coefficient (Wildman–Crippen LogP) is 3.74. The summed E-state index contributed by atoms with van der Waals surface area (Å²) in [5.41, 5.74) is 6.30. The molecule has 2 heterocycles. The highest BCUT2D eigenvalue weighted by Gasteiger charge is 2.40. The number of nitrogens with zero attached hydrogens (tertiary/aromatic N) is 2. The van der Waals surface area contributed by atoms with Crippen molar-refractivity contribution in [1.29, 1.82) is 0 Å². The number of nitrogens with one attached hydrogen (secondary N) is 1. The topological polar surface area (TPSA) is 20.6 Å². The maximum Gasteiger partial charge on any atom is 0.180 e. The molecule has 23 heavy (non-hydrogen) atoms. The van der Waals surface area contributed by atoms with Gasteiger partial charge in [0.05, 0.1) is 6.20 Å². The van der Waals surface area contributed by atoms with Gasteiger partial charge in [0.2, 0.25) is 0 Å². The number of hydrogen-bond acceptors (Lipinski definition) is 2. The monoisotopic (exact) mass is 302 g/mol. The number of benzene rings is 2. The average Bonchev–Trinajstić information content (AvgIpc) is 2.88. The SMILES string of the molecule is Cc1ccccc1[NH+]1c2cnccc2N(c2ccccc2)C1C. The molecule has 2 unspecified atom stereocenters. The van der Waals surface area contributed by atoms with E-state index in [1.54, 1.807) is 0 Å². The Labute approximate surface area is 136 Å². The molecule has 0 aliphatic carbocycles. The predicted molar refractivity (Wildman–Crippen MR) is 93.7 cm³/mol. The Morgan fingerprint density at radius 1 is 0.913 bits per heavy atom. The first kappa shape index (κ1) is 14.0. The lowest BCUT2D eigenvalue weighted by Crippen LogP contribution is -3.06. The quantitative estimate of drug-likeness (QED) is 0.778. The van der Waals surface area contributed by atoms with Gasteiger partial charge in [0, 0.05) is 24.4 Å². The number of para-hydroxylation sites is 2. The fourth-order valence-corrected chi connectivity index (χ4v) is 3.56. The Balaban J connectivity index is 1.89. The Bertz CT molecular complexity index is 829. The highest BCUT2D eigenvalue weighted by Crippen LogP contribution is 2.36. The van der Waals surface area contributed by atoms with E-state index in [1.807, 2.05) is 12.4 Å². The molecule has 3 heteroatoms. The molecule has 2 aromatic carbocycles. The third-order valence-electron chi connectivity index (χ3n) is 4.62. The van der Waals surface area contributed by atoms with Gasteiger partial charge in [-0.15, -0.1) is 0 Å². The normalized spacial score (nSPS) is 19.7. The third kappa shape index (κ3) is 2.21. The summed E-state index contributed by atoms with van der Waals surface area (Å²) in [5, 5.41) is 0. The lowest BCUT2D eigenvalue weighted by molar-refractivity contribution is -0.780. The molecule has 1 aromatic heterocycles. The molecule has 114 valence electrons. The van der Waals surface area contributed by atoms with Gasteiger partial charge in [0.1, 0.15) is 11.4 Å². The summed E-state index contributed by atoms with van der Waals surface area (Å²) in [7, 11) is 0. The van der Waals surface area contributed by atoms with E-state index >= 15 is 0 Å². The van der Waals surface area contributed by atoms with Crippen molar-refractivity contribution in [2.24, 2.45) is 0 Å². The number of quaternary nitrogens is 1. The van der Waals surface area contributed by atoms with Crippen LogP contribution < -0.4 is 9.80 Å². The minimum absolute atomic E-state index is 0.276. The largest absolute Gasteiger partial charge is 0.286 e. The minimum Gasteiger partial charge on any atom is -0.286 e. The van der Waals surface area contributed by atoms with Gasteiger partial charge in [-0.3, -0.25) is 9.88 Å². The number of anilines is 2. The number of fused-ring (bicyclic) bond motifs is 1. The van der Waals surface area contributed by atoms with Gasteiger partial charge in [-0.05, 0) is 31.2 Å². The molecule has 0 spiro atoms. The molecule has 3 aromatic rings. The zero-order valence-electron chi connectivity index (χ0n) is 13.4. The maximum atomic E-state index is 4.38. The van der Waals surface area contributed by atoms with Gasteiger partial charge in [0.15, 0.2) is 11.9 Å². The summed E-state index contributed by atoms with van der Waals surface area (Å²) in [4.78, 5) is 8.13. The molecule has 1 N–H and O–H groups in total. The standard InChI is InChI=1S/C20H19N3/c1-15-8-6-7-11-18(15)23-16(2)22(17-9-4-3-5-10-17)19-12-13-21-14-20(19)23/h3-14,16H,1-2H3/p+1. The summed E-state index contributed by atoms with van der Waals surface area (Å²) < 4.78 is 0. The van der Waals surface area contributed by atoms with Gasteiger partial charge in [-0.2, -0.15) is 0 Å². The molecule has 0 fully saturated rings. The fourth-order valence-electron chi connectivity index (χ4n) is 3.56. The van der Waals surface area contributed by atoms with E-state index in [1.165, 1.54) is 33.2 Å². The number of rotatable bonds is 2. The molecule has 0 saturated carbocycles. The van der Waals surface area contributed by atoms with Crippen molar-refractivity contribution in [3.8, 4) is 0 Å². The van der Waals surface area contributed by atoms with Crippen molar-refractivity contribution in [3.05, 3.63) is 78.6 Å². The van der Waals surface area contributed by atoms with E-state index < -0.39 is 0 Å². The van der Waals surface area contributed by atoms with Crippen LogP contribution in [-0.2, 0) is 0 Å². The summed E-state index contributed by atoms with van der Waals surface area (Å²) in [6.07, 6.45) is 4.15. The molecule has 4 rings (SSSR count). The number of hydrogen-bond donors (Lipinski definition) is 1. The molecular formula is C20H20N3+. The van der Waals surface area contributed by atoms with E-state index in [2.05, 4.69) is 84.4 Å². The van der Waals surface area contributed by atoms with Gasteiger partial charge < -0.3 is 0 Å². The molecule has 1 aliphatic rings. The van der Waals surface area contributed by atoms with E-state index in [0.717, 1.165) is 0 Å². The first-order chi connectivity index (χ1) is 11.3. The molecule has 0 saturated heterocycles. The van der Waals surface area contributed by atoms with Crippen molar-refractivity contribution >= 4 is 22.7 Å². The van der Waals surface area contributed by atoms with E-state index in [0.29, 0.717) is 0 Å². The zero-order valence-corrected chi connectivity index (χ0v) is 13.4. The van der Waals surface area contributed by atoms with E-state index in [-0.39, 0.29) is 6.17 Å². The first-order valence-corrected chi connectivity index (χ1v) is 7.99. The van der Waals surface area contributed by atoms with Crippen molar-refractivity contribution < 1.29 is 4.90 Å². The second kappa shape index (κ2) is 5.52. The van der Waals surface area contributed by atoms with Crippen LogP contribution >= 0.6 is 0 Å². The van der Waals surface area contributed by atoms with Crippen LogP contribution in [0.25, 0.3) is 0 Å². The van der Waals surface area contributed by atoms with E-state index in [9.17, 15) is 0 Å². The highest BCUT2D eigenvalue weighted by molar-refractivity contribution is 5.75. The number of pyridine rings is 1. The van der Waals surface area contributed by atoms with Crippen LogP contribution in [0.2, 0.25) is 0 Å². The lowest BCUT2D eigenvalue weighted by Gasteiger charge is -2.26. The van der Waals surface area contributed by atoms with E-state index in [4.69, 9.17) is 0 Å². The molecule has 3 nitrogen and oxygen atoms in total. The van der Waals surface area contributed by atoms with Gasteiger partial charge in [-0.25, -0.2) is 4.90 Å². The molecule has 1 aliphatic heterocycles. The van der Waals surface area contributed by atoms with Gasteiger partial charge >= 0.3 is 0 Å². The van der Waals surface area contributed by atoms with Crippen molar-refractivity contribution in [3.63, 3.8) is 0 Å². The van der Waals surface area contributed by atoms with Crippen LogP contribution in [0.4, 0.5) is 22.7 Å². The first-order valence-electron chi connectivity index (χ1n) is 7.99. The lowest BCUT2D eigenvalue weighted by atomic mass is 10.1. The molecule has 0 bridgehead atoms. The summed E-state index contributed by atoms with van der Waals surface area (Å²) in [6, 6.07) is 21.3. The second-order valence-corrected chi connectivity index (χ2v) is 6.00. The zero-order chi connectivity index (χ0) is 15.8. The van der Waals surface area contributed by atoms with Gasteiger partial charge in [-0.1, -0.05) is 36.4 Å². The molecule has 0 amide bonds. The summed E-state index contributed by atoms with van der Waals surface area (Å²) in [5.74, 6) is 0.